The van der Waals surface area contributed by atoms with Gasteiger partial charge in [-0.05, 0) is 47.1 Å². The molecule has 0 bridgehead atoms. The van der Waals surface area contributed by atoms with E-state index in [1.807, 2.05) is 0 Å². The van der Waals surface area contributed by atoms with Crippen molar-refractivity contribution in [3.63, 3.8) is 0 Å². The fourth-order valence-corrected chi connectivity index (χ4v) is 2.87. The Labute approximate surface area is 113 Å². The molecular formula is C17H19NO. The third-order valence-corrected chi connectivity index (χ3v) is 3.92. The normalized spacial score (nSPS) is 14.0. The Hall–Kier alpha value is -1.64. The molecule has 2 aromatic carbocycles. The van der Waals surface area contributed by atoms with Crippen LogP contribution in [0.5, 0.6) is 0 Å². The molecule has 1 atom stereocenters. The molecule has 2 aromatic rings. The van der Waals surface area contributed by atoms with Crippen LogP contribution in [-0.4, -0.2) is 11.7 Å². The summed E-state index contributed by atoms with van der Waals surface area (Å²) < 4.78 is 0. The minimum Gasteiger partial charge on any atom is -0.396 e. The summed E-state index contributed by atoms with van der Waals surface area (Å²) in [4.78, 5) is 0. The van der Waals surface area contributed by atoms with Crippen molar-refractivity contribution in [3.05, 3.63) is 59.2 Å². The summed E-state index contributed by atoms with van der Waals surface area (Å²) in [6.45, 7) is 0.212. The van der Waals surface area contributed by atoms with Crippen LogP contribution >= 0.6 is 0 Å². The lowest BCUT2D eigenvalue weighted by atomic mass is 9.97. The van der Waals surface area contributed by atoms with Crippen molar-refractivity contribution < 1.29 is 5.11 Å². The van der Waals surface area contributed by atoms with E-state index in [-0.39, 0.29) is 12.6 Å². The highest BCUT2D eigenvalue weighted by Gasteiger charge is 2.18. The molecule has 0 aromatic heterocycles. The van der Waals surface area contributed by atoms with Crippen molar-refractivity contribution in [2.75, 3.05) is 6.61 Å². The second kappa shape index (κ2) is 5.16. The number of rotatable bonds is 4. The molecule has 19 heavy (non-hydrogen) atoms. The summed E-state index contributed by atoms with van der Waals surface area (Å²) in [5, 5.41) is 8.88. The minimum atomic E-state index is 0.0289. The van der Waals surface area contributed by atoms with Crippen LogP contribution in [0.1, 0.15) is 35.6 Å². The minimum absolute atomic E-state index is 0.0289. The topological polar surface area (TPSA) is 46.2 Å². The second-order valence-electron chi connectivity index (χ2n) is 5.22. The summed E-state index contributed by atoms with van der Waals surface area (Å²) >= 11 is 0. The number of fused-ring (bicyclic) bond motifs is 3. The predicted octanol–water partition coefficient (Wildman–Crippen LogP) is 3.03. The largest absolute Gasteiger partial charge is 0.396 e. The fraction of sp³-hybridized carbons (Fsp3) is 0.294. The monoisotopic (exact) mass is 253 g/mol. The highest BCUT2D eigenvalue weighted by Crippen LogP contribution is 2.37. The zero-order valence-electron chi connectivity index (χ0n) is 11.0. The molecule has 0 heterocycles. The van der Waals surface area contributed by atoms with Gasteiger partial charge in [-0.1, -0.05) is 42.5 Å². The molecular weight excluding hydrogens is 234 g/mol. The van der Waals surface area contributed by atoms with Crippen molar-refractivity contribution in [1.82, 2.24) is 0 Å². The highest BCUT2D eigenvalue weighted by atomic mass is 16.2. The van der Waals surface area contributed by atoms with Crippen molar-refractivity contribution in [2.24, 2.45) is 5.73 Å². The number of aliphatic hydroxyl groups is 1. The number of hydrogen-bond donors (Lipinski definition) is 2. The van der Waals surface area contributed by atoms with Crippen LogP contribution < -0.4 is 5.73 Å². The lowest BCUT2D eigenvalue weighted by Crippen LogP contribution is -2.11. The zero-order chi connectivity index (χ0) is 13.2. The standard InChI is InChI=1S/C17H19NO/c18-17(6-3-9-19)13-7-8-16-14(11-13)10-12-4-1-2-5-15(12)16/h1-2,4-5,7-8,11,17,19H,3,6,9-10,18H2/t17-/m1/s1. The third-order valence-electron chi connectivity index (χ3n) is 3.92. The summed E-state index contributed by atoms with van der Waals surface area (Å²) in [7, 11) is 0. The number of benzene rings is 2. The maximum atomic E-state index is 8.88. The summed E-state index contributed by atoms with van der Waals surface area (Å²) in [6, 6.07) is 15.2. The van der Waals surface area contributed by atoms with Gasteiger partial charge in [-0.25, -0.2) is 0 Å². The summed E-state index contributed by atoms with van der Waals surface area (Å²) in [6.07, 6.45) is 2.60. The molecule has 0 aliphatic heterocycles. The Morgan fingerprint density at radius 2 is 1.84 bits per heavy atom. The van der Waals surface area contributed by atoms with E-state index < -0.39 is 0 Å². The van der Waals surface area contributed by atoms with Gasteiger partial charge >= 0.3 is 0 Å². The Morgan fingerprint density at radius 1 is 1.05 bits per heavy atom. The molecule has 0 fully saturated rings. The van der Waals surface area contributed by atoms with Crippen LogP contribution in [0.4, 0.5) is 0 Å². The van der Waals surface area contributed by atoms with Gasteiger partial charge in [-0.3, -0.25) is 0 Å². The molecule has 0 unspecified atom stereocenters. The van der Waals surface area contributed by atoms with E-state index in [1.165, 1.54) is 27.8 Å². The van der Waals surface area contributed by atoms with Gasteiger partial charge in [0.15, 0.2) is 0 Å². The third kappa shape index (κ3) is 2.29. The van der Waals surface area contributed by atoms with Crippen LogP contribution in [0.2, 0.25) is 0 Å². The van der Waals surface area contributed by atoms with Crippen molar-refractivity contribution in [1.29, 1.82) is 0 Å². The molecule has 0 saturated carbocycles. The average molecular weight is 253 g/mol. The molecule has 0 radical (unpaired) electrons. The first-order valence-corrected chi connectivity index (χ1v) is 6.87. The summed E-state index contributed by atoms with van der Waals surface area (Å²) in [5.74, 6) is 0. The zero-order valence-corrected chi connectivity index (χ0v) is 11.0. The fourth-order valence-electron chi connectivity index (χ4n) is 2.87. The van der Waals surface area contributed by atoms with E-state index in [2.05, 4.69) is 42.5 Å². The van der Waals surface area contributed by atoms with Gasteiger partial charge in [0.05, 0.1) is 0 Å². The first-order valence-electron chi connectivity index (χ1n) is 6.87. The number of nitrogens with two attached hydrogens (primary N) is 1. The predicted molar refractivity (Wildman–Crippen MR) is 77.9 cm³/mol. The lowest BCUT2D eigenvalue weighted by molar-refractivity contribution is 0.280. The van der Waals surface area contributed by atoms with Crippen LogP contribution in [-0.2, 0) is 6.42 Å². The first-order chi connectivity index (χ1) is 9.29. The van der Waals surface area contributed by atoms with Gasteiger partial charge in [0.25, 0.3) is 0 Å². The Balaban J connectivity index is 1.89. The maximum Gasteiger partial charge on any atom is 0.0431 e. The molecule has 98 valence electrons. The van der Waals surface area contributed by atoms with Gasteiger partial charge in [0.2, 0.25) is 0 Å². The Morgan fingerprint density at radius 3 is 2.68 bits per heavy atom. The first kappa shape index (κ1) is 12.4. The van der Waals surface area contributed by atoms with Crippen LogP contribution in [0.15, 0.2) is 42.5 Å². The van der Waals surface area contributed by atoms with Gasteiger partial charge in [0, 0.05) is 12.6 Å². The lowest BCUT2D eigenvalue weighted by Gasteiger charge is -2.13. The number of hydrogen-bond acceptors (Lipinski definition) is 2. The Kier molecular flexibility index (Phi) is 3.36. The molecule has 3 N–H and O–H groups in total. The van der Waals surface area contributed by atoms with E-state index >= 15 is 0 Å². The maximum absolute atomic E-state index is 8.88. The molecule has 3 rings (SSSR count). The smallest absolute Gasteiger partial charge is 0.0431 e. The number of aliphatic hydroxyl groups excluding tert-OH is 1. The van der Waals surface area contributed by atoms with E-state index in [1.54, 1.807) is 0 Å². The Bertz CT molecular complexity index is 592. The molecule has 0 saturated heterocycles. The van der Waals surface area contributed by atoms with E-state index in [9.17, 15) is 0 Å². The van der Waals surface area contributed by atoms with Gasteiger partial charge < -0.3 is 10.8 Å². The van der Waals surface area contributed by atoms with Gasteiger partial charge in [-0.15, -0.1) is 0 Å². The van der Waals surface area contributed by atoms with Crippen molar-refractivity contribution in [3.8, 4) is 11.1 Å². The van der Waals surface area contributed by atoms with Gasteiger partial charge in [0.1, 0.15) is 0 Å². The SMILES string of the molecule is N[C@H](CCCO)c1ccc2c(c1)Cc1ccccc1-2. The molecule has 0 spiro atoms. The van der Waals surface area contributed by atoms with Crippen LogP contribution in [0, 0.1) is 0 Å². The second-order valence-corrected chi connectivity index (χ2v) is 5.22. The van der Waals surface area contributed by atoms with Crippen molar-refractivity contribution >= 4 is 0 Å². The molecule has 0 amide bonds. The van der Waals surface area contributed by atoms with Crippen LogP contribution in [0.3, 0.4) is 0 Å². The molecule has 2 heteroatoms. The van der Waals surface area contributed by atoms with E-state index in [0.717, 1.165) is 19.3 Å². The van der Waals surface area contributed by atoms with Crippen molar-refractivity contribution in [2.45, 2.75) is 25.3 Å². The highest BCUT2D eigenvalue weighted by molar-refractivity contribution is 5.76. The van der Waals surface area contributed by atoms with Crippen LogP contribution in [0.25, 0.3) is 11.1 Å². The average Bonchev–Trinajstić information content (AvgIpc) is 2.82. The van der Waals surface area contributed by atoms with E-state index in [4.69, 9.17) is 10.8 Å². The molecule has 2 nitrogen and oxygen atoms in total. The van der Waals surface area contributed by atoms with Gasteiger partial charge in [-0.2, -0.15) is 0 Å². The molecule has 1 aliphatic carbocycles. The molecule has 1 aliphatic rings. The summed E-state index contributed by atoms with van der Waals surface area (Å²) in [5.41, 5.74) is 12.8. The quantitative estimate of drug-likeness (QED) is 0.750. The van der Waals surface area contributed by atoms with E-state index in [0.29, 0.717) is 0 Å².